The van der Waals surface area contributed by atoms with Crippen LogP contribution in [-0.4, -0.2) is 0 Å². The van der Waals surface area contributed by atoms with E-state index in [2.05, 4.69) is 245 Å². The molecule has 0 radical (unpaired) electrons. The van der Waals surface area contributed by atoms with Crippen molar-refractivity contribution in [2.24, 2.45) is 42.3 Å². The van der Waals surface area contributed by atoms with Gasteiger partial charge in [-0.3, -0.25) is 0 Å². The number of nitrogens with zero attached hydrogens (tertiary/aromatic N) is 6. The van der Waals surface area contributed by atoms with Crippen LogP contribution < -0.4 is 27.4 Å². The van der Waals surface area contributed by atoms with Crippen LogP contribution in [0.4, 0.5) is 0 Å². The van der Waals surface area contributed by atoms with Gasteiger partial charge in [-0.1, -0.05) is 109 Å². The van der Waals surface area contributed by atoms with Gasteiger partial charge in [0, 0.05) is 121 Å². The molecule has 0 atom stereocenters. The van der Waals surface area contributed by atoms with Crippen molar-refractivity contribution in [1.29, 1.82) is 0 Å². The van der Waals surface area contributed by atoms with Crippen LogP contribution in [0.15, 0.2) is 219 Å². The van der Waals surface area contributed by atoms with E-state index < -0.39 is 27.4 Å². The van der Waals surface area contributed by atoms with Crippen molar-refractivity contribution in [3.05, 3.63) is 319 Å². The Bertz CT molecular complexity index is 5110. The third-order valence-corrected chi connectivity index (χ3v) is 17.9. The maximum atomic E-state index is 7.71. The zero-order valence-corrected chi connectivity index (χ0v) is 60.5. The molecular weight excluding hydrogens is 1170 g/mol. The second kappa shape index (κ2) is 33.6. The Balaban J connectivity index is 0.000000181. The molecule has 492 valence electrons. The average molecular weight is 1290 g/mol. The Kier molecular flexibility index (Phi) is 20.1. The van der Waals surface area contributed by atoms with Gasteiger partial charge in [0.05, 0.1) is 11.1 Å². The van der Waals surface area contributed by atoms with E-state index in [0.717, 1.165) is 39.3 Å². The highest BCUT2D eigenvalue weighted by molar-refractivity contribution is 5.68. The van der Waals surface area contributed by atoms with E-state index in [0.29, 0.717) is 22.4 Å². The Morgan fingerprint density at radius 1 is 0.229 bits per heavy atom. The summed E-state index contributed by atoms with van der Waals surface area (Å²) >= 11 is 0. The lowest BCUT2D eigenvalue weighted by atomic mass is 9.99. The van der Waals surface area contributed by atoms with Crippen LogP contribution in [0.5, 0.6) is 0 Å². The number of pyridine rings is 6. The van der Waals surface area contributed by atoms with Crippen LogP contribution in [0, 0.1) is 124 Å². The molecule has 96 heavy (non-hydrogen) atoms. The summed E-state index contributed by atoms with van der Waals surface area (Å²) in [5.74, 6) is 0. The molecule has 0 amide bonds. The normalized spacial score (nSPS) is 12.9. The number of aryl methyl sites for hydroxylation is 20. The van der Waals surface area contributed by atoms with E-state index in [1.54, 1.807) is 48.1 Å². The predicted molar refractivity (Wildman–Crippen MR) is 404 cm³/mol. The smallest absolute Gasteiger partial charge is 0.201 e. The minimum Gasteiger partial charge on any atom is -0.201 e. The molecule has 6 nitrogen and oxygen atoms in total. The SMILES string of the molecule is Cc1cc(C)c(-c2ccccc2C)[n+](C)c1.Cc1ccc(-c2c(C)cccc2C)[n+](C)c1.Cc1ccccc1-c1ccc(C)c(C)[n+]1C.[2H]C([2H])([2H])c1cc(C)c(-c2ccccc2C)[n+](C)c1.[2H]C([2H])([2H])c1ccc(-c2c(C)cccc2C([2H])([2H])[2H])[n+](C)c1.[2H]C([2H])([2H])c1ccc(-c2ccccc2C)[n+](C)c1C. The van der Waals surface area contributed by atoms with E-state index in [-0.39, 0.29) is 11.1 Å². The van der Waals surface area contributed by atoms with Crippen molar-refractivity contribution in [3.63, 3.8) is 0 Å². The fourth-order valence-corrected chi connectivity index (χ4v) is 12.5. The fourth-order valence-electron chi connectivity index (χ4n) is 12.5. The van der Waals surface area contributed by atoms with Gasteiger partial charge in [-0.25, -0.2) is 18.3 Å². The molecule has 0 fully saturated rings. The number of benzene rings is 6. The van der Waals surface area contributed by atoms with Crippen LogP contribution in [0.1, 0.15) is 117 Å². The second-order valence-electron chi connectivity index (χ2n) is 25.5. The van der Waals surface area contributed by atoms with Crippen molar-refractivity contribution in [1.82, 2.24) is 0 Å². The van der Waals surface area contributed by atoms with Gasteiger partial charge in [-0.05, 0) is 216 Å². The molecule has 0 unspecified atom stereocenters. The van der Waals surface area contributed by atoms with Gasteiger partial charge in [0.2, 0.25) is 34.2 Å². The number of hydrogen-bond donors (Lipinski definition) is 0. The minimum absolute atomic E-state index is 0.225. The van der Waals surface area contributed by atoms with Crippen molar-refractivity contribution in [2.75, 3.05) is 0 Å². The van der Waals surface area contributed by atoms with Gasteiger partial charge < -0.3 is 0 Å². The molecule has 0 aliphatic carbocycles. The zero-order valence-electron chi connectivity index (χ0n) is 72.5. The van der Waals surface area contributed by atoms with Gasteiger partial charge in [0.1, 0.15) is 42.3 Å². The van der Waals surface area contributed by atoms with E-state index >= 15 is 0 Å². The van der Waals surface area contributed by atoms with Crippen LogP contribution in [-0.2, 0) is 42.3 Å². The summed E-state index contributed by atoms with van der Waals surface area (Å²) in [6.07, 6.45) is 7.57. The molecule has 12 aromatic rings. The molecule has 6 aromatic heterocycles. The van der Waals surface area contributed by atoms with Gasteiger partial charge in [-0.2, -0.15) is 9.13 Å². The Hall–Kier alpha value is -9.78. The average Bonchev–Trinajstić information content (AvgIpc) is 0.805. The van der Waals surface area contributed by atoms with E-state index in [4.69, 9.17) is 16.4 Å². The molecule has 6 aromatic carbocycles. The van der Waals surface area contributed by atoms with Gasteiger partial charge in [0.25, 0.3) is 0 Å². The molecule has 0 saturated carbocycles. The Morgan fingerprint density at radius 2 is 0.552 bits per heavy atom. The number of hydrogen-bond acceptors (Lipinski definition) is 0. The molecular formula is C90H108N6+6. The molecule has 0 aliphatic heterocycles. The highest BCUT2D eigenvalue weighted by Crippen LogP contribution is 2.29. The maximum absolute atomic E-state index is 7.71. The van der Waals surface area contributed by atoms with Crippen molar-refractivity contribution >= 4 is 0 Å². The summed E-state index contributed by atoms with van der Waals surface area (Å²) in [6.45, 7) is 20.6. The lowest BCUT2D eigenvalue weighted by Gasteiger charge is -2.07. The van der Waals surface area contributed by atoms with E-state index in [1.165, 1.54) is 107 Å². The Labute approximate surface area is 594 Å². The highest BCUT2D eigenvalue weighted by Gasteiger charge is 2.21. The van der Waals surface area contributed by atoms with Crippen LogP contribution >= 0.6 is 0 Å². The fraction of sp³-hybridized carbons (Fsp3) is 0.267. The summed E-state index contributed by atoms with van der Waals surface area (Å²) in [7, 11) is 11.9. The lowest BCUT2D eigenvalue weighted by molar-refractivity contribution is -0.667. The van der Waals surface area contributed by atoms with E-state index in [9.17, 15) is 0 Å². The first kappa shape index (κ1) is 57.6. The van der Waals surface area contributed by atoms with Crippen molar-refractivity contribution in [3.8, 4) is 67.5 Å². The van der Waals surface area contributed by atoms with Crippen LogP contribution in [0.2, 0.25) is 0 Å². The van der Waals surface area contributed by atoms with Crippen molar-refractivity contribution < 1.29 is 43.9 Å². The first-order chi connectivity index (χ1) is 50.4. The predicted octanol–water partition coefficient (Wildman–Crippen LogP) is 18.6. The summed E-state index contributed by atoms with van der Waals surface area (Å²) in [6, 6.07) is 64.4. The van der Waals surface area contributed by atoms with Gasteiger partial charge >= 0.3 is 0 Å². The largest absolute Gasteiger partial charge is 0.215 e. The minimum atomic E-state index is -2.23. The molecule has 0 aliphatic rings. The summed E-state index contributed by atoms with van der Waals surface area (Å²) in [5.41, 5.74) is 31.6. The third kappa shape index (κ3) is 18.4. The molecule has 6 heteroatoms. The highest BCUT2D eigenvalue weighted by atomic mass is 15.0. The quantitative estimate of drug-likeness (QED) is 0.148. The molecule has 6 heterocycles. The van der Waals surface area contributed by atoms with E-state index in [1.807, 2.05) is 80.4 Å². The first-order valence-electron chi connectivity index (χ1n) is 38.8. The van der Waals surface area contributed by atoms with Gasteiger partial charge in [0.15, 0.2) is 36.2 Å². The molecule has 0 N–H and O–H groups in total. The second-order valence-corrected chi connectivity index (χ2v) is 25.5. The van der Waals surface area contributed by atoms with Crippen molar-refractivity contribution in [2.45, 2.75) is 124 Å². The molecule has 0 spiro atoms. The topological polar surface area (TPSA) is 23.3 Å². The number of rotatable bonds is 6. The van der Waals surface area contributed by atoms with Crippen LogP contribution in [0.25, 0.3) is 67.5 Å². The first-order valence-corrected chi connectivity index (χ1v) is 32.8. The lowest BCUT2D eigenvalue weighted by Crippen LogP contribution is -2.35. The number of aromatic nitrogens is 6. The summed E-state index contributed by atoms with van der Waals surface area (Å²) < 4.78 is 103. The Morgan fingerprint density at radius 3 is 0.958 bits per heavy atom. The monoisotopic (exact) mass is 1280 g/mol. The standard InChI is InChI=1S/6C15H18N/c2*1-11-8-9-14(16(4)10-11)15-12(2)6-5-7-13(15)3;2*1-11-9-13(3)15(16(4)10-11)14-8-6-5-7-12(14)2;2*1-11-9-10-15(16(4)13(11)3)14-8-6-5-7-12(14)2/h6*5-10H,1-4H3/q6*+1/i1D3,2D3;;1D3;;1D3;. The third-order valence-electron chi connectivity index (χ3n) is 17.9. The molecule has 0 saturated heterocycles. The molecule has 0 bridgehead atoms. The maximum Gasteiger partial charge on any atom is 0.215 e. The zero-order chi connectivity index (χ0) is 80.2. The molecule has 12 rings (SSSR count). The summed E-state index contributed by atoms with van der Waals surface area (Å²) in [4.78, 5) is 0. The van der Waals surface area contributed by atoms with Gasteiger partial charge in [-0.15, -0.1) is 0 Å². The van der Waals surface area contributed by atoms with Crippen LogP contribution in [0.3, 0.4) is 0 Å². The summed E-state index contributed by atoms with van der Waals surface area (Å²) in [5, 5.41) is 0.